The molecule has 2 N–H and O–H groups in total. The van der Waals surface area contributed by atoms with Gasteiger partial charge in [-0.3, -0.25) is 23.5 Å². The lowest BCUT2D eigenvalue weighted by Gasteiger charge is -2.18. The highest BCUT2D eigenvalue weighted by molar-refractivity contribution is 6.44. The van der Waals surface area contributed by atoms with Crippen LogP contribution in [-0.2, 0) is 13.1 Å². The van der Waals surface area contributed by atoms with Crippen molar-refractivity contribution in [3.63, 3.8) is 0 Å². The summed E-state index contributed by atoms with van der Waals surface area (Å²) >= 11 is 0. The molecule has 38 heavy (non-hydrogen) atoms. The van der Waals surface area contributed by atoms with Gasteiger partial charge in [0.2, 0.25) is 5.88 Å². The number of aromatic nitrogens is 4. The number of fused-ring (bicyclic) bond motifs is 10. The van der Waals surface area contributed by atoms with Crippen LogP contribution in [0.5, 0.6) is 5.88 Å². The second-order valence-corrected chi connectivity index (χ2v) is 9.75. The molecule has 0 aliphatic rings. The number of aromatic hydroxyl groups is 1. The first-order valence-electron chi connectivity index (χ1n) is 12.6. The van der Waals surface area contributed by atoms with Crippen molar-refractivity contribution in [2.24, 2.45) is 0 Å². The Kier molecular flexibility index (Phi) is 3.82. The minimum atomic E-state index is -0.425. The van der Waals surface area contributed by atoms with Gasteiger partial charge in [-0.05, 0) is 26.0 Å². The van der Waals surface area contributed by atoms with Gasteiger partial charge in [0.1, 0.15) is 0 Å². The molecule has 4 aromatic carbocycles. The standard InChI is InChI=1S/C30H20N4O4/c1-3-33-27(35)21-17-13-9-5-7-11-15(13)32-26(17)24-20-19(21)23(29(33)37)25-18(14-10-6-8-12-16(14)31-25)22(20)28(36)34(4-2)30(24)38/h5-12,31,38H,3-4H2,1-2H3. The van der Waals surface area contributed by atoms with Crippen LogP contribution < -0.4 is 16.7 Å². The maximum absolute atomic E-state index is 14.1. The molecule has 0 radical (unpaired) electrons. The third kappa shape index (κ3) is 2.19. The van der Waals surface area contributed by atoms with Gasteiger partial charge in [-0.15, -0.1) is 0 Å². The summed E-state index contributed by atoms with van der Waals surface area (Å²) in [5.74, 6) is -0.215. The van der Waals surface area contributed by atoms with Crippen LogP contribution in [0.1, 0.15) is 13.8 Å². The summed E-state index contributed by atoms with van der Waals surface area (Å²) in [6, 6.07) is 15.1. The molecule has 0 amide bonds. The quantitative estimate of drug-likeness (QED) is 0.332. The number of aromatic amines is 1. The normalized spacial score (nSPS) is 12.6. The molecule has 0 fully saturated rings. The zero-order valence-corrected chi connectivity index (χ0v) is 20.5. The van der Waals surface area contributed by atoms with E-state index in [1.165, 1.54) is 9.13 Å². The molecule has 8 rings (SSSR count). The molecule has 0 aliphatic carbocycles. The molecule has 0 saturated heterocycles. The molecular weight excluding hydrogens is 480 g/mol. The van der Waals surface area contributed by atoms with E-state index >= 15 is 0 Å². The number of pyridine rings is 2. The number of H-pyrrole nitrogens is 1. The van der Waals surface area contributed by atoms with Crippen molar-refractivity contribution in [1.82, 2.24) is 19.1 Å². The highest BCUT2D eigenvalue weighted by Gasteiger charge is 2.30. The Bertz CT molecular complexity index is 2500. The fourth-order valence-corrected chi connectivity index (χ4v) is 6.52. The number of hydrogen-bond donors (Lipinski definition) is 2. The Balaban J connectivity index is 1.93. The molecule has 8 heteroatoms. The van der Waals surface area contributed by atoms with Crippen molar-refractivity contribution >= 4 is 75.9 Å². The second kappa shape index (κ2) is 6.86. The predicted molar refractivity (Wildman–Crippen MR) is 151 cm³/mol. The average Bonchev–Trinajstić information content (AvgIpc) is 3.49. The van der Waals surface area contributed by atoms with Crippen molar-refractivity contribution in [2.75, 3.05) is 0 Å². The van der Waals surface area contributed by atoms with Crippen molar-refractivity contribution < 1.29 is 5.11 Å². The van der Waals surface area contributed by atoms with Crippen LogP contribution in [0.15, 0.2) is 62.9 Å². The van der Waals surface area contributed by atoms with E-state index in [1.54, 1.807) is 13.8 Å². The van der Waals surface area contributed by atoms with Gasteiger partial charge in [0.15, 0.2) is 0 Å². The van der Waals surface area contributed by atoms with Gasteiger partial charge < -0.3 is 10.1 Å². The van der Waals surface area contributed by atoms with Crippen LogP contribution in [-0.4, -0.2) is 24.2 Å². The summed E-state index contributed by atoms with van der Waals surface area (Å²) in [7, 11) is 0. The Morgan fingerprint density at radius 3 is 2.05 bits per heavy atom. The molecule has 4 heterocycles. The van der Waals surface area contributed by atoms with Crippen LogP contribution in [0.4, 0.5) is 0 Å². The summed E-state index contributed by atoms with van der Waals surface area (Å²) in [6.45, 7) is 4.00. The Morgan fingerprint density at radius 1 is 0.684 bits per heavy atom. The van der Waals surface area contributed by atoms with Gasteiger partial charge in [0.05, 0.1) is 38.1 Å². The van der Waals surface area contributed by atoms with Crippen LogP contribution >= 0.6 is 0 Å². The lowest BCUT2D eigenvalue weighted by atomic mass is 9.90. The molecule has 8 nitrogen and oxygen atoms in total. The van der Waals surface area contributed by atoms with E-state index in [9.17, 15) is 19.5 Å². The Hall–Kier alpha value is -4.98. The van der Waals surface area contributed by atoms with Gasteiger partial charge in [0.25, 0.3) is 16.7 Å². The van der Waals surface area contributed by atoms with E-state index in [0.29, 0.717) is 59.6 Å². The van der Waals surface area contributed by atoms with Crippen molar-refractivity contribution in [1.29, 1.82) is 0 Å². The van der Waals surface area contributed by atoms with E-state index in [0.717, 1.165) is 16.3 Å². The third-order valence-electron chi connectivity index (χ3n) is 8.07. The van der Waals surface area contributed by atoms with E-state index in [4.69, 9.17) is 4.98 Å². The molecule has 0 bridgehead atoms. The van der Waals surface area contributed by atoms with Crippen molar-refractivity contribution in [3.05, 3.63) is 79.6 Å². The summed E-state index contributed by atoms with van der Waals surface area (Å²) < 4.78 is 2.59. The highest BCUT2D eigenvalue weighted by Crippen LogP contribution is 2.47. The minimum Gasteiger partial charge on any atom is -0.494 e. The molecule has 0 unspecified atom stereocenters. The minimum absolute atomic E-state index is 0.192. The largest absolute Gasteiger partial charge is 0.494 e. The number of benzene rings is 4. The van der Waals surface area contributed by atoms with Crippen LogP contribution in [0.3, 0.4) is 0 Å². The van der Waals surface area contributed by atoms with Gasteiger partial charge in [-0.1, -0.05) is 36.4 Å². The summed E-state index contributed by atoms with van der Waals surface area (Å²) in [6.07, 6.45) is 0. The third-order valence-corrected chi connectivity index (χ3v) is 8.07. The monoisotopic (exact) mass is 500 g/mol. The fraction of sp³-hybridized carbons (Fsp3) is 0.133. The molecule has 4 aromatic heterocycles. The Morgan fingerprint density at radius 2 is 1.29 bits per heavy atom. The van der Waals surface area contributed by atoms with Gasteiger partial charge in [-0.25, -0.2) is 4.98 Å². The highest BCUT2D eigenvalue weighted by atomic mass is 16.3. The molecule has 184 valence electrons. The van der Waals surface area contributed by atoms with Crippen molar-refractivity contribution in [2.45, 2.75) is 26.9 Å². The number of nitrogens with zero attached hydrogens (tertiary/aromatic N) is 3. The van der Waals surface area contributed by atoms with E-state index in [2.05, 4.69) is 4.98 Å². The van der Waals surface area contributed by atoms with Gasteiger partial charge in [-0.2, -0.15) is 0 Å². The summed E-state index contributed by atoms with van der Waals surface area (Å²) in [4.78, 5) is 50.3. The zero-order valence-electron chi connectivity index (χ0n) is 20.5. The number of para-hydroxylation sites is 2. The molecule has 0 aliphatic heterocycles. The topological polar surface area (TPSA) is 110 Å². The molecular formula is C30H20N4O4. The van der Waals surface area contributed by atoms with E-state index < -0.39 is 11.1 Å². The maximum Gasteiger partial charge on any atom is 0.263 e. The first-order valence-corrected chi connectivity index (χ1v) is 12.6. The summed E-state index contributed by atoms with van der Waals surface area (Å²) in [5.41, 5.74) is 1.19. The van der Waals surface area contributed by atoms with E-state index in [1.807, 2.05) is 48.5 Å². The van der Waals surface area contributed by atoms with Crippen LogP contribution in [0.25, 0.3) is 75.9 Å². The molecule has 0 atom stereocenters. The first kappa shape index (κ1) is 21.1. The summed E-state index contributed by atoms with van der Waals surface area (Å²) in [5, 5.41) is 16.5. The van der Waals surface area contributed by atoms with Crippen LogP contribution in [0, 0.1) is 0 Å². The Labute approximate surface area is 212 Å². The SMILES string of the molecule is CCn1c(O)c2c3nc4ccccc4c3c3c(=O)n(CC)c(=O)c4c5[nH]c6ccccc6c5c(c1=O)c2c43. The average molecular weight is 501 g/mol. The van der Waals surface area contributed by atoms with Gasteiger partial charge >= 0.3 is 0 Å². The lowest BCUT2D eigenvalue weighted by molar-refractivity contribution is 0.420. The molecule has 0 spiro atoms. The second-order valence-electron chi connectivity index (χ2n) is 9.75. The number of nitrogens with one attached hydrogen (secondary N) is 1. The maximum atomic E-state index is 14.1. The number of rotatable bonds is 2. The lowest BCUT2D eigenvalue weighted by Crippen LogP contribution is -2.33. The zero-order chi connectivity index (χ0) is 26.0. The number of hydrogen-bond acceptors (Lipinski definition) is 5. The predicted octanol–water partition coefficient (Wildman–Crippen LogP) is 4.79. The van der Waals surface area contributed by atoms with Gasteiger partial charge in [0, 0.05) is 50.9 Å². The molecule has 8 aromatic rings. The van der Waals surface area contributed by atoms with Crippen molar-refractivity contribution in [3.8, 4) is 5.88 Å². The van der Waals surface area contributed by atoms with Crippen LogP contribution in [0.2, 0.25) is 0 Å². The molecule has 0 saturated carbocycles. The fourth-order valence-electron chi connectivity index (χ4n) is 6.52. The first-order chi connectivity index (χ1) is 18.5. The van der Waals surface area contributed by atoms with E-state index in [-0.39, 0.29) is 24.5 Å². The smallest absolute Gasteiger partial charge is 0.263 e.